The smallest absolute Gasteiger partial charge is 0.341 e. The second kappa shape index (κ2) is 6.10. The molecule has 4 N–H and O–H groups in total. The summed E-state index contributed by atoms with van der Waals surface area (Å²) in [6, 6.07) is 0.845. The number of benzene rings is 1. The molecule has 0 aliphatic rings. The number of carboxylic acid groups (broad SMARTS) is 1. The lowest BCUT2D eigenvalue weighted by Crippen LogP contribution is -2.21. The Hall–Kier alpha value is -2.48. The topological polar surface area (TPSA) is 97.3 Å². The summed E-state index contributed by atoms with van der Waals surface area (Å²) in [6.45, 7) is 2.21. The molecule has 0 spiro atoms. The van der Waals surface area contributed by atoms with Crippen LogP contribution in [0.1, 0.15) is 17.3 Å². The second-order valence-electron chi connectivity index (χ2n) is 4.62. The van der Waals surface area contributed by atoms with E-state index in [1.807, 2.05) is 0 Å². The molecule has 0 aliphatic heterocycles. The SMILES string of the molecule is CCn1cc(C(=O)O)c(=O)c2cc(F)c(NCCN)c(F)c21. The van der Waals surface area contributed by atoms with E-state index in [2.05, 4.69) is 5.32 Å². The predicted molar refractivity (Wildman–Crippen MR) is 78.3 cm³/mol. The van der Waals surface area contributed by atoms with Gasteiger partial charge >= 0.3 is 5.97 Å². The van der Waals surface area contributed by atoms with Crippen LogP contribution in [0, 0.1) is 11.6 Å². The van der Waals surface area contributed by atoms with Crippen LogP contribution >= 0.6 is 0 Å². The summed E-state index contributed by atoms with van der Waals surface area (Å²) in [6.07, 6.45) is 1.06. The lowest BCUT2D eigenvalue weighted by molar-refractivity contribution is 0.0695. The Labute approximate surface area is 124 Å². The monoisotopic (exact) mass is 311 g/mol. The number of nitrogens with one attached hydrogen (secondary N) is 1. The highest BCUT2D eigenvalue weighted by Crippen LogP contribution is 2.26. The summed E-state index contributed by atoms with van der Waals surface area (Å²) in [5, 5.41) is 11.2. The van der Waals surface area contributed by atoms with Crippen LogP contribution in [0.3, 0.4) is 0 Å². The molecule has 118 valence electrons. The Kier molecular flexibility index (Phi) is 4.41. The average Bonchev–Trinajstić information content (AvgIpc) is 2.47. The molecule has 0 atom stereocenters. The number of carboxylic acids is 1. The molecule has 2 rings (SSSR count). The van der Waals surface area contributed by atoms with Crippen molar-refractivity contribution >= 4 is 22.6 Å². The Bertz CT molecular complexity index is 802. The first-order valence-corrected chi connectivity index (χ1v) is 6.64. The molecule has 0 saturated heterocycles. The Morgan fingerprint density at radius 2 is 2.14 bits per heavy atom. The number of nitrogens with two attached hydrogens (primary N) is 1. The first kappa shape index (κ1) is 15.9. The molecule has 0 radical (unpaired) electrons. The maximum atomic E-state index is 14.6. The fourth-order valence-electron chi connectivity index (χ4n) is 2.25. The highest BCUT2D eigenvalue weighted by atomic mass is 19.1. The number of rotatable bonds is 5. The van der Waals surface area contributed by atoms with Crippen molar-refractivity contribution in [2.75, 3.05) is 18.4 Å². The lowest BCUT2D eigenvalue weighted by Gasteiger charge is -2.15. The van der Waals surface area contributed by atoms with Gasteiger partial charge in [-0.1, -0.05) is 0 Å². The first-order chi connectivity index (χ1) is 10.4. The van der Waals surface area contributed by atoms with E-state index in [1.54, 1.807) is 6.92 Å². The Morgan fingerprint density at radius 1 is 1.45 bits per heavy atom. The van der Waals surface area contributed by atoms with E-state index in [1.165, 1.54) is 4.57 Å². The molecule has 0 bridgehead atoms. The van der Waals surface area contributed by atoms with Crippen molar-refractivity contribution in [1.82, 2.24) is 4.57 Å². The van der Waals surface area contributed by atoms with Crippen molar-refractivity contribution in [2.24, 2.45) is 5.73 Å². The van der Waals surface area contributed by atoms with Crippen LogP contribution in [0.25, 0.3) is 10.9 Å². The maximum Gasteiger partial charge on any atom is 0.341 e. The van der Waals surface area contributed by atoms with E-state index < -0.39 is 28.6 Å². The lowest BCUT2D eigenvalue weighted by atomic mass is 10.1. The third-order valence-corrected chi connectivity index (χ3v) is 3.27. The first-order valence-electron chi connectivity index (χ1n) is 6.64. The quantitative estimate of drug-likeness (QED) is 0.775. The molecule has 6 nitrogen and oxygen atoms in total. The van der Waals surface area contributed by atoms with Gasteiger partial charge < -0.3 is 20.7 Å². The van der Waals surface area contributed by atoms with Gasteiger partial charge in [-0.2, -0.15) is 0 Å². The molecular formula is C14H15F2N3O3. The van der Waals surface area contributed by atoms with Crippen molar-refractivity contribution in [3.05, 3.63) is 39.7 Å². The van der Waals surface area contributed by atoms with E-state index >= 15 is 0 Å². The summed E-state index contributed by atoms with van der Waals surface area (Å²) < 4.78 is 29.8. The number of aryl methyl sites for hydroxylation is 1. The van der Waals surface area contributed by atoms with Gasteiger partial charge in [-0.05, 0) is 13.0 Å². The van der Waals surface area contributed by atoms with Crippen LogP contribution in [0.15, 0.2) is 17.1 Å². The van der Waals surface area contributed by atoms with Gasteiger partial charge in [-0.25, -0.2) is 13.6 Å². The van der Waals surface area contributed by atoms with E-state index in [4.69, 9.17) is 10.8 Å². The van der Waals surface area contributed by atoms with Gasteiger partial charge in [0.25, 0.3) is 0 Å². The van der Waals surface area contributed by atoms with Crippen molar-refractivity contribution in [2.45, 2.75) is 13.5 Å². The van der Waals surface area contributed by atoms with Crippen molar-refractivity contribution in [3.8, 4) is 0 Å². The number of fused-ring (bicyclic) bond motifs is 1. The summed E-state index contributed by atoms with van der Waals surface area (Å²) in [5.41, 5.74) is 3.32. The van der Waals surface area contributed by atoms with Crippen LogP contribution in [0.4, 0.5) is 14.5 Å². The minimum absolute atomic E-state index is 0.140. The number of halogens is 2. The predicted octanol–water partition coefficient (Wildman–Crippen LogP) is 1.37. The average molecular weight is 311 g/mol. The van der Waals surface area contributed by atoms with Crippen LogP contribution < -0.4 is 16.5 Å². The number of hydrogen-bond acceptors (Lipinski definition) is 4. The van der Waals surface area contributed by atoms with Gasteiger partial charge in [0.2, 0.25) is 5.43 Å². The maximum absolute atomic E-state index is 14.6. The zero-order valence-corrected chi connectivity index (χ0v) is 11.8. The van der Waals surface area contributed by atoms with Crippen molar-refractivity contribution in [1.29, 1.82) is 0 Å². The van der Waals surface area contributed by atoms with Gasteiger partial charge in [0.05, 0.1) is 10.9 Å². The fourth-order valence-corrected chi connectivity index (χ4v) is 2.25. The number of anilines is 1. The minimum atomic E-state index is -1.44. The van der Waals surface area contributed by atoms with Crippen LogP contribution in [-0.4, -0.2) is 28.7 Å². The Balaban J connectivity index is 2.87. The molecule has 1 aromatic carbocycles. The molecule has 1 heterocycles. The van der Waals surface area contributed by atoms with Crippen molar-refractivity contribution < 1.29 is 18.7 Å². The fraction of sp³-hybridized carbons (Fsp3) is 0.286. The summed E-state index contributed by atoms with van der Waals surface area (Å²) in [4.78, 5) is 23.2. The molecule has 0 saturated carbocycles. The van der Waals surface area contributed by atoms with Gasteiger partial charge in [0.1, 0.15) is 17.1 Å². The molecule has 8 heteroatoms. The Morgan fingerprint density at radius 3 is 2.68 bits per heavy atom. The minimum Gasteiger partial charge on any atom is -0.477 e. The zero-order chi connectivity index (χ0) is 16.4. The van der Waals surface area contributed by atoms with Gasteiger partial charge in [-0.15, -0.1) is 0 Å². The molecule has 0 amide bonds. The molecule has 0 fully saturated rings. The largest absolute Gasteiger partial charge is 0.477 e. The highest BCUT2D eigenvalue weighted by molar-refractivity contribution is 5.93. The number of hydrogen-bond donors (Lipinski definition) is 3. The van der Waals surface area contributed by atoms with Crippen LogP contribution in [0.2, 0.25) is 0 Å². The summed E-state index contributed by atoms with van der Waals surface area (Å²) in [5.74, 6) is -3.36. The molecule has 2 aromatic rings. The van der Waals surface area contributed by atoms with Crippen LogP contribution in [0.5, 0.6) is 0 Å². The standard InChI is InChI=1S/C14H15F2N3O3/c1-2-19-6-8(14(21)22)13(20)7-5-9(15)11(18-4-3-17)10(16)12(7)19/h5-6,18H,2-4,17H2,1H3,(H,21,22). The van der Waals surface area contributed by atoms with Gasteiger partial charge in [-0.3, -0.25) is 4.79 Å². The van der Waals surface area contributed by atoms with Crippen molar-refractivity contribution in [3.63, 3.8) is 0 Å². The van der Waals surface area contributed by atoms with E-state index in [0.717, 1.165) is 12.3 Å². The number of pyridine rings is 1. The third kappa shape index (κ3) is 2.52. The second-order valence-corrected chi connectivity index (χ2v) is 4.62. The molecule has 22 heavy (non-hydrogen) atoms. The normalized spacial score (nSPS) is 10.9. The zero-order valence-electron chi connectivity index (χ0n) is 11.8. The van der Waals surface area contributed by atoms with Gasteiger partial charge in [0, 0.05) is 25.8 Å². The number of nitrogens with zero attached hydrogens (tertiary/aromatic N) is 1. The van der Waals surface area contributed by atoms with E-state index in [0.29, 0.717) is 0 Å². The summed E-state index contributed by atoms with van der Waals surface area (Å²) in [7, 11) is 0. The molecule has 0 unspecified atom stereocenters. The molecule has 1 aromatic heterocycles. The van der Waals surface area contributed by atoms with E-state index in [-0.39, 0.29) is 36.2 Å². The highest BCUT2D eigenvalue weighted by Gasteiger charge is 2.21. The third-order valence-electron chi connectivity index (χ3n) is 3.27. The number of aromatic carboxylic acids is 1. The molecular weight excluding hydrogens is 296 g/mol. The van der Waals surface area contributed by atoms with E-state index in [9.17, 15) is 18.4 Å². The van der Waals surface area contributed by atoms with Gasteiger partial charge in [0.15, 0.2) is 5.82 Å². The van der Waals surface area contributed by atoms with Crippen LogP contribution in [-0.2, 0) is 6.54 Å². The molecule has 0 aliphatic carbocycles. The summed E-state index contributed by atoms with van der Waals surface area (Å²) >= 11 is 0. The number of aromatic nitrogens is 1. The number of carbonyl (C=O) groups is 1.